The second-order valence-electron chi connectivity index (χ2n) is 3.97. The third kappa shape index (κ3) is 4.78. The van der Waals surface area contributed by atoms with Gasteiger partial charge in [0, 0.05) is 12.5 Å². The van der Waals surface area contributed by atoms with Crippen molar-refractivity contribution in [1.29, 1.82) is 0 Å². The van der Waals surface area contributed by atoms with E-state index in [0.717, 1.165) is 0 Å². The molecule has 0 fully saturated rings. The predicted molar refractivity (Wildman–Crippen MR) is 61.6 cm³/mol. The molecule has 3 N–H and O–H groups in total. The number of carbonyl (C=O) groups excluding carboxylic acids is 1. The van der Waals surface area contributed by atoms with Crippen LogP contribution in [-0.4, -0.2) is 39.3 Å². The largest absolute Gasteiger partial charge is 0.481 e. The molecule has 1 atom stereocenters. The summed E-state index contributed by atoms with van der Waals surface area (Å²) in [6, 6.07) is 0.231. The fourth-order valence-electron chi connectivity index (χ4n) is 1.42. The molecule has 8 nitrogen and oxygen atoms in total. The summed E-state index contributed by atoms with van der Waals surface area (Å²) in [6.07, 6.45) is 0.0390. The fourth-order valence-corrected chi connectivity index (χ4v) is 1.42. The first kappa shape index (κ1) is 14.7. The van der Waals surface area contributed by atoms with Crippen LogP contribution in [-0.2, 0) is 9.59 Å². The lowest BCUT2D eigenvalue weighted by molar-refractivity contribution is -0.140. The van der Waals surface area contributed by atoms with Crippen molar-refractivity contribution >= 4 is 17.8 Å². The molecule has 0 aliphatic rings. The van der Waals surface area contributed by atoms with Crippen LogP contribution in [0.2, 0.25) is 0 Å². The summed E-state index contributed by atoms with van der Waals surface area (Å²) in [5.41, 5.74) is -0.0121. The van der Waals surface area contributed by atoms with Gasteiger partial charge in [0.05, 0.1) is 0 Å². The van der Waals surface area contributed by atoms with Gasteiger partial charge in [-0.05, 0) is 19.8 Å². The quantitative estimate of drug-likeness (QED) is 0.654. The molecule has 0 aliphatic carbocycles. The van der Waals surface area contributed by atoms with E-state index in [2.05, 4.69) is 10.5 Å². The van der Waals surface area contributed by atoms with Crippen LogP contribution in [0.4, 0.5) is 0 Å². The number of aryl methyl sites for hydroxylation is 1. The molecular formula is C11H14N2O6. The number of carboxylic acid groups (broad SMARTS) is 2. The van der Waals surface area contributed by atoms with Crippen molar-refractivity contribution in [2.45, 2.75) is 32.2 Å². The lowest BCUT2D eigenvalue weighted by Gasteiger charge is -2.12. The molecule has 1 aromatic rings. The number of amides is 1. The van der Waals surface area contributed by atoms with Crippen LogP contribution in [0.15, 0.2) is 10.6 Å². The van der Waals surface area contributed by atoms with E-state index in [1.807, 2.05) is 0 Å². The molecule has 0 spiro atoms. The van der Waals surface area contributed by atoms with Gasteiger partial charge in [-0.2, -0.15) is 0 Å². The summed E-state index contributed by atoms with van der Waals surface area (Å²) >= 11 is 0. The monoisotopic (exact) mass is 270 g/mol. The lowest BCUT2D eigenvalue weighted by Crippen LogP contribution is -2.40. The Morgan fingerprint density at radius 1 is 1.42 bits per heavy atom. The summed E-state index contributed by atoms with van der Waals surface area (Å²) in [6.45, 7) is 1.60. The van der Waals surface area contributed by atoms with Gasteiger partial charge in [-0.1, -0.05) is 5.16 Å². The summed E-state index contributed by atoms with van der Waals surface area (Å²) in [5, 5.41) is 23.1. The van der Waals surface area contributed by atoms with Crippen LogP contribution in [0.1, 0.15) is 35.5 Å². The molecular weight excluding hydrogens is 256 g/mol. The Balaban J connectivity index is 2.55. The van der Waals surface area contributed by atoms with Gasteiger partial charge in [0.25, 0.3) is 5.91 Å². The first-order valence-corrected chi connectivity index (χ1v) is 5.59. The maximum absolute atomic E-state index is 11.7. The van der Waals surface area contributed by atoms with Crippen LogP contribution < -0.4 is 5.32 Å². The van der Waals surface area contributed by atoms with Crippen molar-refractivity contribution in [3.8, 4) is 0 Å². The Labute approximate surface area is 108 Å². The van der Waals surface area contributed by atoms with Crippen molar-refractivity contribution in [1.82, 2.24) is 10.5 Å². The van der Waals surface area contributed by atoms with Crippen molar-refractivity contribution in [2.24, 2.45) is 0 Å². The molecule has 0 bridgehead atoms. The molecule has 1 rings (SSSR count). The van der Waals surface area contributed by atoms with Gasteiger partial charge in [-0.15, -0.1) is 0 Å². The first-order valence-electron chi connectivity index (χ1n) is 5.59. The second-order valence-corrected chi connectivity index (χ2v) is 3.97. The molecule has 0 saturated heterocycles. The molecule has 0 radical (unpaired) electrons. The van der Waals surface area contributed by atoms with E-state index in [1.54, 1.807) is 6.92 Å². The smallest absolute Gasteiger partial charge is 0.326 e. The van der Waals surface area contributed by atoms with E-state index in [9.17, 15) is 14.4 Å². The zero-order valence-corrected chi connectivity index (χ0v) is 10.3. The molecule has 8 heteroatoms. The van der Waals surface area contributed by atoms with Gasteiger partial charge >= 0.3 is 11.9 Å². The number of nitrogens with zero attached hydrogens (tertiary/aromatic N) is 1. The lowest BCUT2D eigenvalue weighted by atomic mass is 10.1. The third-order valence-electron chi connectivity index (χ3n) is 2.35. The Kier molecular flexibility index (Phi) is 5.04. The summed E-state index contributed by atoms with van der Waals surface area (Å²) in [5.74, 6) is -2.47. The Hall–Kier alpha value is -2.38. The number of nitrogens with one attached hydrogen (secondary N) is 1. The van der Waals surface area contributed by atoms with Crippen LogP contribution in [0.25, 0.3) is 0 Å². The number of carboxylic acids is 2. The number of rotatable bonds is 7. The number of carbonyl (C=O) groups is 3. The maximum atomic E-state index is 11.7. The Morgan fingerprint density at radius 2 is 2.11 bits per heavy atom. The summed E-state index contributed by atoms with van der Waals surface area (Å²) < 4.78 is 4.70. The molecule has 104 valence electrons. The molecule has 1 heterocycles. The zero-order valence-electron chi connectivity index (χ0n) is 10.3. The Morgan fingerprint density at radius 3 is 2.58 bits per heavy atom. The number of hydrogen-bond donors (Lipinski definition) is 3. The van der Waals surface area contributed by atoms with E-state index < -0.39 is 23.9 Å². The maximum Gasteiger partial charge on any atom is 0.326 e. The molecule has 0 aromatic carbocycles. The molecule has 0 unspecified atom stereocenters. The van der Waals surface area contributed by atoms with Crippen LogP contribution >= 0.6 is 0 Å². The average Bonchev–Trinajstić information content (AvgIpc) is 2.73. The standard InChI is InChI=1S/C11H14N2O6/c1-6-5-8(13-19-6)10(16)12-7(11(17)18)3-2-4-9(14)15/h5,7H,2-4H2,1H3,(H,12,16)(H,14,15)(H,17,18)/t7-/m1/s1. The van der Waals surface area contributed by atoms with Gasteiger partial charge in [-0.25, -0.2) is 4.79 Å². The van der Waals surface area contributed by atoms with Crippen molar-refractivity contribution in [3.05, 3.63) is 17.5 Å². The van der Waals surface area contributed by atoms with Gasteiger partial charge in [0.2, 0.25) is 0 Å². The van der Waals surface area contributed by atoms with Crippen LogP contribution in [0.3, 0.4) is 0 Å². The minimum Gasteiger partial charge on any atom is -0.481 e. The second kappa shape index (κ2) is 6.53. The average molecular weight is 270 g/mol. The highest BCUT2D eigenvalue weighted by Crippen LogP contribution is 2.05. The minimum atomic E-state index is -1.22. The van der Waals surface area contributed by atoms with Crippen molar-refractivity contribution in [3.63, 3.8) is 0 Å². The topological polar surface area (TPSA) is 130 Å². The first-order chi connectivity index (χ1) is 8.90. The van der Waals surface area contributed by atoms with Crippen molar-refractivity contribution < 1.29 is 29.1 Å². The molecule has 0 saturated carbocycles. The molecule has 1 aromatic heterocycles. The number of aliphatic carboxylic acids is 2. The molecule has 1 amide bonds. The van der Waals surface area contributed by atoms with Crippen molar-refractivity contribution in [2.75, 3.05) is 0 Å². The zero-order chi connectivity index (χ0) is 14.4. The normalized spacial score (nSPS) is 11.8. The summed E-state index contributed by atoms with van der Waals surface area (Å²) in [7, 11) is 0. The van der Waals surface area contributed by atoms with Gasteiger partial charge in [0.1, 0.15) is 11.8 Å². The highest BCUT2D eigenvalue weighted by Gasteiger charge is 2.22. The SMILES string of the molecule is Cc1cc(C(=O)N[C@H](CCCC(=O)O)C(=O)O)no1. The Bertz CT molecular complexity index is 481. The van der Waals surface area contributed by atoms with Crippen LogP contribution in [0.5, 0.6) is 0 Å². The highest BCUT2D eigenvalue weighted by molar-refractivity contribution is 5.94. The summed E-state index contributed by atoms with van der Waals surface area (Å²) in [4.78, 5) is 32.9. The van der Waals surface area contributed by atoms with Gasteiger partial charge < -0.3 is 20.1 Å². The fraction of sp³-hybridized carbons (Fsp3) is 0.455. The molecule has 0 aliphatic heterocycles. The van der Waals surface area contributed by atoms with E-state index in [1.165, 1.54) is 6.07 Å². The van der Waals surface area contributed by atoms with E-state index in [4.69, 9.17) is 14.7 Å². The molecule has 19 heavy (non-hydrogen) atoms. The predicted octanol–water partition coefficient (Wildman–Crippen LogP) is 0.421. The van der Waals surface area contributed by atoms with E-state index >= 15 is 0 Å². The highest BCUT2D eigenvalue weighted by atomic mass is 16.5. The van der Waals surface area contributed by atoms with Crippen LogP contribution in [0, 0.1) is 6.92 Å². The minimum absolute atomic E-state index is 0.0121. The van der Waals surface area contributed by atoms with Gasteiger partial charge in [0.15, 0.2) is 5.69 Å². The van der Waals surface area contributed by atoms with Gasteiger partial charge in [-0.3, -0.25) is 9.59 Å². The van der Waals surface area contributed by atoms with E-state index in [-0.39, 0.29) is 25.0 Å². The number of aromatic nitrogens is 1. The number of hydrogen-bond acceptors (Lipinski definition) is 5. The third-order valence-corrected chi connectivity index (χ3v) is 2.35. The van der Waals surface area contributed by atoms with E-state index in [0.29, 0.717) is 5.76 Å².